The molecule has 0 saturated carbocycles. The van der Waals surface area contributed by atoms with Crippen LogP contribution in [-0.4, -0.2) is 11.0 Å². The van der Waals surface area contributed by atoms with Gasteiger partial charge in [-0.3, -0.25) is 0 Å². The number of rotatable bonds is 5. The zero-order valence-corrected chi connectivity index (χ0v) is 11.5. The smallest absolute Gasteiger partial charge is 0.000968 e. The van der Waals surface area contributed by atoms with E-state index in [0.29, 0.717) is 5.41 Å². The Balaban J connectivity index is 3.64. The molecule has 0 nitrogen and oxygen atoms in total. The van der Waals surface area contributed by atoms with E-state index in [0.717, 1.165) is 5.25 Å². The molecule has 0 bridgehead atoms. The number of thioether (sulfide) groups is 1. The van der Waals surface area contributed by atoms with Gasteiger partial charge in [-0.25, -0.2) is 0 Å². The predicted molar refractivity (Wildman–Crippen MR) is 70.0 cm³/mol. The number of hydrogen-bond acceptors (Lipinski definition) is 1. The molecule has 1 heteroatoms. The Kier molecular flexibility index (Phi) is 6.59. The monoisotopic (exact) mass is 214 g/mol. The first kappa shape index (κ1) is 14.1. The third-order valence-electron chi connectivity index (χ3n) is 1.85. The lowest BCUT2D eigenvalue weighted by molar-refractivity contribution is 0.537. The highest BCUT2D eigenvalue weighted by molar-refractivity contribution is 7.99. The number of allylic oxidation sites excluding steroid dienone is 2. The van der Waals surface area contributed by atoms with Crippen LogP contribution in [0.1, 0.15) is 54.4 Å². The van der Waals surface area contributed by atoms with Crippen molar-refractivity contribution in [2.24, 2.45) is 5.41 Å². The SMILES string of the molecule is C/C(=C/C(C)(C)C)CCCSC(C)C. The van der Waals surface area contributed by atoms with Crippen LogP contribution in [0.4, 0.5) is 0 Å². The molecule has 0 aliphatic heterocycles. The molecule has 0 fully saturated rings. The largest absolute Gasteiger partial charge is 0.159 e. The van der Waals surface area contributed by atoms with E-state index in [2.05, 4.69) is 59.4 Å². The lowest BCUT2D eigenvalue weighted by Gasteiger charge is -2.14. The molecule has 0 saturated heterocycles. The molecule has 0 aromatic carbocycles. The summed E-state index contributed by atoms with van der Waals surface area (Å²) in [4.78, 5) is 0. The first-order valence-electron chi connectivity index (χ1n) is 5.61. The van der Waals surface area contributed by atoms with Gasteiger partial charge in [-0.1, -0.05) is 46.3 Å². The van der Waals surface area contributed by atoms with Crippen LogP contribution in [-0.2, 0) is 0 Å². The topological polar surface area (TPSA) is 0 Å². The molecule has 0 N–H and O–H groups in total. The molecule has 0 aliphatic rings. The van der Waals surface area contributed by atoms with Crippen LogP contribution in [0, 0.1) is 5.41 Å². The summed E-state index contributed by atoms with van der Waals surface area (Å²) in [5, 5.41) is 0.780. The van der Waals surface area contributed by atoms with Crippen molar-refractivity contribution >= 4 is 11.8 Å². The summed E-state index contributed by atoms with van der Waals surface area (Å²) in [5.41, 5.74) is 1.89. The van der Waals surface area contributed by atoms with Gasteiger partial charge in [-0.05, 0) is 36.2 Å². The van der Waals surface area contributed by atoms with Crippen LogP contribution >= 0.6 is 11.8 Å². The standard InChI is InChI=1S/C13H26S/c1-11(2)14-9-7-8-12(3)10-13(4,5)6/h10-11H,7-9H2,1-6H3/b12-10-. The molecule has 0 unspecified atom stereocenters. The summed E-state index contributed by atoms with van der Waals surface area (Å²) < 4.78 is 0. The Labute approximate surface area is 94.6 Å². The first-order valence-corrected chi connectivity index (χ1v) is 6.66. The Hall–Kier alpha value is 0.0900. The second-order valence-electron chi connectivity index (χ2n) is 5.38. The predicted octanol–water partition coefficient (Wildman–Crippen LogP) is 4.90. The van der Waals surface area contributed by atoms with Crippen molar-refractivity contribution in [1.82, 2.24) is 0 Å². The number of hydrogen-bond donors (Lipinski definition) is 0. The Morgan fingerprint density at radius 2 is 1.86 bits per heavy atom. The summed E-state index contributed by atoms with van der Waals surface area (Å²) in [6.07, 6.45) is 4.98. The second-order valence-corrected chi connectivity index (χ2v) is 7.06. The highest BCUT2D eigenvalue weighted by Crippen LogP contribution is 2.20. The molecule has 0 aliphatic carbocycles. The lowest BCUT2D eigenvalue weighted by atomic mass is 9.93. The maximum absolute atomic E-state index is 2.40. The summed E-state index contributed by atoms with van der Waals surface area (Å²) in [6, 6.07) is 0. The Morgan fingerprint density at radius 3 is 2.29 bits per heavy atom. The average Bonchev–Trinajstić information content (AvgIpc) is 1.94. The zero-order chi connectivity index (χ0) is 11.2. The van der Waals surface area contributed by atoms with Crippen molar-refractivity contribution < 1.29 is 0 Å². The third-order valence-corrected chi connectivity index (χ3v) is 3.04. The first-order chi connectivity index (χ1) is 6.31. The zero-order valence-electron chi connectivity index (χ0n) is 10.7. The minimum atomic E-state index is 0.343. The van der Waals surface area contributed by atoms with Crippen molar-refractivity contribution in [2.75, 3.05) is 5.75 Å². The van der Waals surface area contributed by atoms with Crippen molar-refractivity contribution in [3.8, 4) is 0 Å². The highest BCUT2D eigenvalue weighted by atomic mass is 32.2. The summed E-state index contributed by atoms with van der Waals surface area (Å²) in [7, 11) is 0. The maximum atomic E-state index is 2.40. The van der Waals surface area contributed by atoms with Crippen LogP contribution in [0.25, 0.3) is 0 Å². The quantitative estimate of drug-likeness (QED) is 0.463. The molecule has 14 heavy (non-hydrogen) atoms. The van der Waals surface area contributed by atoms with Gasteiger partial charge in [-0.2, -0.15) is 11.8 Å². The lowest BCUT2D eigenvalue weighted by Crippen LogP contribution is -2.00. The van der Waals surface area contributed by atoms with Gasteiger partial charge in [0.1, 0.15) is 0 Å². The van der Waals surface area contributed by atoms with E-state index in [9.17, 15) is 0 Å². The van der Waals surface area contributed by atoms with Crippen LogP contribution in [0.5, 0.6) is 0 Å². The van der Waals surface area contributed by atoms with Crippen LogP contribution < -0.4 is 0 Å². The highest BCUT2D eigenvalue weighted by Gasteiger charge is 2.05. The van der Waals surface area contributed by atoms with Gasteiger partial charge in [0.15, 0.2) is 0 Å². The Morgan fingerprint density at radius 1 is 1.29 bits per heavy atom. The molecule has 84 valence electrons. The van der Waals surface area contributed by atoms with E-state index in [1.165, 1.54) is 18.6 Å². The van der Waals surface area contributed by atoms with Gasteiger partial charge in [0.05, 0.1) is 0 Å². The van der Waals surface area contributed by atoms with Gasteiger partial charge in [0.25, 0.3) is 0 Å². The molecule has 0 radical (unpaired) electrons. The van der Waals surface area contributed by atoms with Gasteiger partial charge in [0, 0.05) is 0 Å². The van der Waals surface area contributed by atoms with Crippen LogP contribution in [0.15, 0.2) is 11.6 Å². The van der Waals surface area contributed by atoms with Gasteiger partial charge >= 0.3 is 0 Å². The molecular formula is C13H26S. The van der Waals surface area contributed by atoms with E-state index in [1.54, 1.807) is 5.57 Å². The normalized spacial score (nSPS) is 13.8. The summed E-state index contributed by atoms with van der Waals surface area (Å²) in [5.74, 6) is 1.30. The van der Waals surface area contributed by atoms with Crippen molar-refractivity contribution in [3.05, 3.63) is 11.6 Å². The molecule has 0 aromatic rings. The van der Waals surface area contributed by atoms with Crippen molar-refractivity contribution in [3.63, 3.8) is 0 Å². The van der Waals surface area contributed by atoms with Crippen molar-refractivity contribution in [1.29, 1.82) is 0 Å². The average molecular weight is 214 g/mol. The van der Waals surface area contributed by atoms with E-state index < -0.39 is 0 Å². The summed E-state index contributed by atoms with van der Waals surface area (Å²) >= 11 is 2.06. The minimum absolute atomic E-state index is 0.343. The van der Waals surface area contributed by atoms with E-state index in [4.69, 9.17) is 0 Å². The molecular weight excluding hydrogens is 188 g/mol. The molecule has 0 rings (SSSR count). The fourth-order valence-electron chi connectivity index (χ4n) is 1.48. The fourth-order valence-corrected chi connectivity index (χ4v) is 2.26. The van der Waals surface area contributed by atoms with Gasteiger partial charge < -0.3 is 0 Å². The molecule has 0 amide bonds. The maximum Gasteiger partial charge on any atom is -0.000968 e. The minimum Gasteiger partial charge on any atom is -0.159 e. The molecule has 0 heterocycles. The van der Waals surface area contributed by atoms with E-state index >= 15 is 0 Å². The molecule has 0 aromatic heterocycles. The van der Waals surface area contributed by atoms with Crippen molar-refractivity contribution in [2.45, 2.75) is 59.6 Å². The third kappa shape index (κ3) is 10.2. The Bertz CT molecular complexity index is 172. The van der Waals surface area contributed by atoms with Gasteiger partial charge in [-0.15, -0.1) is 0 Å². The van der Waals surface area contributed by atoms with Gasteiger partial charge in [0.2, 0.25) is 0 Å². The second kappa shape index (κ2) is 6.55. The van der Waals surface area contributed by atoms with Crippen LogP contribution in [0.3, 0.4) is 0 Å². The van der Waals surface area contributed by atoms with E-state index in [1.807, 2.05) is 0 Å². The molecule has 0 spiro atoms. The summed E-state index contributed by atoms with van der Waals surface area (Å²) in [6.45, 7) is 13.6. The van der Waals surface area contributed by atoms with Crippen LogP contribution in [0.2, 0.25) is 0 Å². The fraction of sp³-hybridized carbons (Fsp3) is 0.846. The molecule has 0 atom stereocenters. The van der Waals surface area contributed by atoms with E-state index in [-0.39, 0.29) is 0 Å².